The van der Waals surface area contributed by atoms with Gasteiger partial charge in [0.2, 0.25) is 0 Å². The highest BCUT2D eigenvalue weighted by molar-refractivity contribution is 8.00. The van der Waals surface area contributed by atoms with Crippen LogP contribution in [-0.4, -0.2) is 27.7 Å². The summed E-state index contributed by atoms with van der Waals surface area (Å²) in [5.41, 5.74) is 0. The molecule has 0 amide bonds. The van der Waals surface area contributed by atoms with Gasteiger partial charge in [0.05, 0.1) is 4.87 Å². The molecule has 2 aliphatic rings. The Morgan fingerprint density at radius 2 is 1.93 bits per heavy atom. The molecule has 2 rings (SSSR count). The molecular formula is C10H17NO2S. The molecule has 0 unspecified atom stereocenters. The first kappa shape index (κ1) is 10.3. The summed E-state index contributed by atoms with van der Waals surface area (Å²) in [5.74, 6) is 0.0358. The standard InChI is InChI=1S/C10H17NO2S/c12-9(13)8-7-14-10(11-8)5-3-1-2-4-6-10/h8,11H,1-7H2,(H,12,13)/t8-/m0/s1. The number of hydrogen-bond donors (Lipinski definition) is 2. The molecule has 1 saturated carbocycles. The fraction of sp³-hybridized carbons (Fsp3) is 0.900. The van der Waals surface area contributed by atoms with Crippen LogP contribution in [0.2, 0.25) is 0 Å². The topological polar surface area (TPSA) is 49.3 Å². The number of hydrogen-bond acceptors (Lipinski definition) is 3. The minimum absolute atomic E-state index is 0.0968. The van der Waals surface area contributed by atoms with Gasteiger partial charge in [0.15, 0.2) is 0 Å². The zero-order chi connectivity index (χ0) is 10.0. The minimum atomic E-state index is -0.696. The maximum Gasteiger partial charge on any atom is 0.321 e. The van der Waals surface area contributed by atoms with Crippen LogP contribution >= 0.6 is 11.8 Å². The molecular weight excluding hydrogens is 198 g/mol. The van der Waals surface area contributed by atoms with Gasteiger partial charge in [-0.25, -0.2) is 0 Å². The minimum Gasteiger partial charge on any atom is -0.480 e. The zero-order valence-corrected chi connectivity index (χ0v) is 9.11. The summed E-state index contributed by atoms with van der Waals surface area (Å²) in [6, 6.07) is -0.321. The zero-order valence-electron chi connectivity index (χ0n) is 8.29. The van der Waals surface area contributed by atoms with Crippen LogP contribution in [0.1, 0.15) is 38.5 Å². The molecule has 1 aliphatic carbocycles. The molecule has 0 aromatic heterocycles. The number of rotatable bonds is 1. The van der Waals surface area contributed by atoms with E-state index in [1.54, 1.807) is 0 Å². The van der Waals surface area contributed by atoms with Gasteiger partial charge in [-0.3, -0.25) is 10.1 Å². The van der Waals surface area contributed by atoms with Crippen molar-refractivity contribution in [2.75, 3.05) is 5.75 Å². The summed E-state index contributed by atoms with van der Waals surface area (Å²) in [6.45, 7) is 0. The molecule has 1 aliphatic heterocycles. The second-order valence-electron chi connectivity index (χ2n) is 4.25. The van der Waals surface area contributed by atoms with Gasteiger partial charge in [-0.05, 0) is 12.8 Å². The molecule has 4 heteroatoms. The summed E-state index contributed by atoms with van der Waals surface area (Å²) in [5, 5.41) is 12.2. The first-order chi connectivity index (χ1) is 6.72. The van der Waals surface area contributed by atoms with Gasteiger partial charge in [-0.2, -0.15) is 0 Å². The van der Waals surface area contributed by atoms with E-state index in [1.165, 1.54) is 25.7 Å². The Labute approximate surface area is 88.6 Å². The predicted octanol–water partition coefficient (Wildman–Crippen LogP) is 1.83. The summed E-state index contributed by atoms with van der Waals surface area (Å²) < 4.78 is 0. The lowest BCUT2D eigenvalue weighted by Gasteiger charge is -2.27. The molecule has 2 N–H and O–H groups in total. The normalized spacial score (nSPS) is 31.6. The monoisotopic (exact) mass is 215 g/mol. The quantitative estimate of drug-likeness (QED) is 0.700. The van der Waals surface area contributed by atoms with Crippen molar-refractivity contribution in [2.24, 2.45) is 0 Å². The Kier molecular flexibility index (Phi) is 3.02. The van der Waals surface area contributed by atoms with E-state index in [1.807, 2.05) is 11.8 Å². The fourth-order valence-corrected chi connectivity index (χ4v) is 3.88. The van der Waals surface area contributed by atoms with Crippen LogP contribution in [-0.2, 0) is 4.79 Å². The average molecular weight is 215 g/mol. The lowest BCUT2D eigenvalue weighted by molar-refractivity contribution is -0.138. The van der Waals surface area contributed by atoms with Crippen molar-refractivity contribution < 1.29 is 9.90 Å². The van der Waals surface area contributed by atoms with Crippen molar-refractivity contribution in [1.29, 1.82) is 0 Å². The van der Waals surface area contributed by atoms with Gasteiger partial charge < -0.3 is 5.11 Å². The van der Waals surface area contributed by atoms with Crippen molar-refractivity contribution >= 4 is 17.7 Å². The van der Waals surface area contributed by atoms with Gasteiger partial charge in [0.25, 0.3) is 0 Å². The molecule has 0 aromatic carbocycles. The Morgan fingerprint density at radius 3 is 2.43 bits per heavy atom. The van der Waals surface area contributed by atoms with E-state index >= 15 is 0 Å². The SMILES string of the molecule is O=C(O)[C@@H]1CSC2(CCCCCC2)N1. The second kappa shape index (κ2) is 4.11. The van der Waals surface area contributed by atoms with Gasteiger partial charge in [0.1, 0.15) is 6.04 Å². The van der Waals surface area contributed by atoms with E-state index in [0.717, 1.165) is 18.6 Å². The first-order valence-corrected chi connectivity index (χ1v) is 6.35. The van der Waals surface area contributed by atoms with Crippen LogP contribution in [0.3, 0.4) is 0 Å². The predicted molar refractivity (Wildman–Crippen MR) is 57.5 cm³/mol. The number of nitrogens with one attached hydrogen (secondary N) is 1. The smallest absolute Gasteiger partial charge is 0.321 e. The van der Waals surface area contributed by atoms with E-state index in [9.17, 15) is 4.79 Å². The van der Waals surface area contributed by atoms with E-state index in [-0.39, 0.29) is 10.9 Å². The molecule has 1 heterocycles. The highest BCUT2D eigenvalue weighted by Crippen LogP contribution is 2.41. The lowest BCUT2D eigenvalue weighted by atomic mass is 10.1. The van der Waals surface area contributed by atoms with Crippen LogP contribution < -0.4 is 5.32 Å². The largest absolute Gasteiger partial charge is 0.480 e. The third-order valence-electron chi connectivity index (χ3n) is 3.17. The number of thioether (sulfide) groups is 1. The number of carboxylic acids is 1. The Hall–Kier alpha value is -0.220. The molecule has 2 fully saturated rings. The third-order valence-corrected chi connectivity index (χ3v) is 4.75. The average Bonchev–Trinajstić information content (AvgIpc) is 2.41. The van der Waals surface area contributed by atoms with Crippen molar-refractivity contribution in [2.45, 2.75) is 49.4 Å². The van der Waals surface area contributed by atoms with E-state index < -0.39 is 5.97 Å². The molecule has 1 atom stereocenters. The summed E-state index contributed by atoms with van der Waals surface area (Å²) in [7, 11) is 0. The van der Waals surface area contributed by atoms with Crippen LogP contribution in [0.25, 0.3) is 0 Å². The van der Waals surface area contributed by atoms with E-state index in [4.69, 9.17) is 5.11 Å². The molecule has 0 radical (unpaired) electrons. The van der Waals surface area contributed by atoms with Gasteiger partial charge in [-0.1, -0.05) is 25.7 Å². The van der Waals surface area contributed by atoms with Crippen LogP contribution in [0.15, 0.2) is 0 Å². The molecule has 80 valence electrons. The lowest BCUT2D eigenvalue weighted by Crippen LogP contribution is -2.44. The summed E-state index contributed by atoms with van der Waals surface area (Å²) in [4.78, 5) is 10.9. The van der Waals surface area contributed by atoms with Crippen LogP contribution in [0, 0.1) is 0 Å². The van der Waals surface area contributed by atoms with Gasteiger partial charge >= 0.3 is 5.97 Å². The molecule has 0 bridgehead atoms. The van der Waals surface area contributed by atoms with Gasteiger partial charge in [-0.15, -0.1) is 11.8 Å². The van der Waals surface area contributed by atoms with Crippen LogP contribution in [0.4, 0.5) is 0 Å². The maximum absolute atomic E-state index is 10.8. The van der Waals surface area contributed by atoms with Gasteiger partial charge in [0, 0.05) is 5.75 Å². The Bertz CT molecular complexity index is 224. The summed E-state index contributed by atoms with van der Waals surface area (Å²) in [6.07, 6.45) is 7.38. The third kappa shape index (κ3) is 2.06. The fourth-order valence-electron chi connectivity index (χ4n) is 2.37. The maximum atomic E-state index is 10.8. The number of carbonyl (C=O) groups is 1. The van der Waals surface area contributed by atoms with E-state index in [2.05, 4.69) is 5.32 Å². The Balaban J connectivity index is 1.99. The van der Waals surface area contributed by atoms with E-state index in [0.29, 0.717) is 0 Å². The first-order valence-electron chi connectivity index (χ1n) is 5.36. The highest BCUT2D eigenvalue weighted by Gasteiger charge is 2.41. The molecule has 0 aromatic rings. The van der Waals surface area contributed by atoms with Crippen LogP contribution in [0.5, 0.6) is 0 Å². The van der Waals surface area contributed by atoms with Crippen molar-refractivity contribution in [3.8, 4) is 0 Å². The van der Waals surface area contributed by atoms with Crippen molar-refractivity contribution in [3.05, 3.63) is 0 Å². The highest BCUT2D eigenvalue weighted by atomic mass is 32.2. The van der Waals surface area contributed by atoms with Crippen molar-refractivity contribution in [1.82, 2.24) is 5.32 Å². The molecule has 3 nitrogen and oxygen atoms in total. The summed E-state index contributed by atoms with van der Waals surface area (Å²) >= 11 is 1.82. The Morgan fingerprint density at radius 1 is 1.29 bits per heavy atom. The van der Waals surface area contributed by atoms with Crippen molar-refractivity contribution in [3.63, 3.8) is 0 Å². The molecule has 14 heavy (non-hydrogen) atoms. The molecule has 1 saturated heterocycles. The number of aliphatic carboxylic acids is 1. The second-order valence-corrected chi connectivity index (χ2v) is 5.66. The molecule has 1 spiro atoms. The number of carboxylic acid groups (broad SMARTS) is 1.